The summed E-state index contributed by atoms with van der Waals surface area (Å²) in [6.07, 6.45) is -1.13. The van der Waals surface area contributed by atoms with Gasteiger partial charge in [0, 0.05) is 5.02 Å². The fourth-order valence-corrected chi connectivity index (χ4v) is 4.92. The summed E-state index contributed by atoms with van der Waals surface area (Å²) in [5, 5.41) is 2.53. The number of likely N-dealkylation sites (tertiary alicyclic amines) is 1. The molecule has 1 aromatic rings. The number of halogens is 4. The van der Waals surface area contributed by atoms with Crippen LogP contribution in [0.3, 0.4) is 0 Å². The molecule has 1 aromatic carbocycles. The molecular formula is C23H28ClF3N2O4. The molecule has 3 amide bonds. The molecule has 0 spiro atoms. The van der Waals surface area contributed by atoms with Gasteiger partial charge in [0.25, 0.3) is 0 Å². The van der Waals surface area contributed by atoms with Gasteiger partial charge in [-0.2, -0.15) is 13.2 Å². The van der Waals surface area contributed by atoms with Gasteiger partial charge in [-0.15, -0.1) is 0 Å². The van der Waals surface area contributed by atoms with E-state index in [2.05, 4.69) is 0 Å². The first kappa shape index (κ1) is 25.3. The van der Waals surface area contributed by atoms with Gasteiger partial charge >= 0.3 is 18.2 Å². The number of ether oxygens (including phenoxy) is 1. The fraction of sp³-hybridized carbons (Fsp3) is 0.609. The number of hydrogen-bond donors (Lipinski definition) is 1. The molecule has 0 aromatic heterocycles. The molecule has 1 heterocycles. The molecule has 2 fully saturated rings. The molecule has 33 heavy (non-hydrogen) atoms. The number of esters is 1. The predicted octanol–water partition coefficient (Wildman–Crippen LogP) is 4.88. The minimum absolute atomic E-state index is 0.0211. The number of urea groups is 1. The Labute approximate surface area is 195 Å². The van der Waals surface area contributed by atoms with Crippen LogP contribution in [-0.4, -0.2) is 47.7 Å². The summed E-state index contributed by atoms with van der Waals surface area (Å²) in [5.74, 6) is -3.09. The maximum Gasteiger partial charge on any atom is 0.408 e. The van der Waals surface area contributed by atoms with Gasteiger partial charge < -0.3 is 10.1 Å². The van der Waals surface area contributed by atoms with Crippen molar-refractivity contribution in [1.29, 1.82) is 0 Å². The van der Waals surface area contributed by atoms with E-state index >= 15 is 0 Å². The van der Waals surface area contributed by atoms with E-state index in [1.807, 2.05) is 11.4 Å². The normalized spacial score (nSPS) is 22.5. The lowest BCUT2D eigenvalue weighted by molar-refractivity contribution is -0.174. The summed E-state index contributed by atoms with van der Waals surface area (Å²) in [4.78, 5) is 38.6. The van der Waals surface area contributed by atoms with E-state index in [0.717, 1.165) is 12.0 Å². The Morgan fingerprint density at radius 3 is 2.55 bits per heavy atom. The molecule has 1 saturated carbocycles. The van der Waals surface area contributed by atoms with Crippen LogP contribution in [0, 0.1) is 11.8 Å². The van der Waals surface area contributed by atoms with Crippen molar-refractivity contribution in [2.45, 2.75) is 70.1 Å². The van der Waals surface area contributed by atoms with Gasteiger partial charge in [-0.05, 0) is 56.2 Å². The van der Waals surface area contributed by atoms with Gasteiger partial charge in [-0.25, -0.2) is 14.5 Å². The van der Waals surface area contributed by atoms with E-state index in [1.165, 1.54) is 0 Å². The van der Waals surface area contributed by atoms with Crippen LogP contribution in [0.2, 0.25) is 5.02 Å². The molecule has 1 N–H and O–H groups in total. The number of aryl methyl sites for hydroxylation is 1. The summed E-state index contributed by atoms with van der Waals surface area (Å²) in [7, 11) is 0. The molecule has 3 unspecified atom stereocenters. The highest BCUT2D eigenvalue weighted by atomic mass is 35.5. The van der Waals surface area contributed by atoms with E-state index in [9.17, 15) is 27.6 Å². The van der Waals surface area contributed by atoms with Crippen molar-refractivity contribution in [2.24, 2.45) is 11.8 Å². The van der Waals surface area contributed by atoms with E-state index in [4.69, 9.17) is 16.3 Å². The van der Waals surface area contributed by atoms with Crippen molar-refractivity contribution in [3.05, 3.63) is 34.9 Å². The Kier molecular flexibility index (Phi) is 8.26. The third-order valence-electron chi connectivity index (χ3n) is 6.35. The Bertz CT molecular complexity index is 874. The zero-order valence-electron chi connectivity index (χ0n) is 18.4. The standard InChI is InChI=1S/C23H28ClF3N2O4/c1-2-33-21(31)18-17(12-11-14-7-6-10-16(24)13-14)20(30)29(18)22(32)28-19(23(25,26)27)15-8-4-3-5-9-15/h6-7,10,13,15,17-19H,2-5,8-9,11-12H2,1H3,(H,28,32). The number of nitrogens with zero attached hydrogens (tertiary/aromatic N) is 1. The van der Waals surface area contributed by atoms with Crippen LogP contribution in [0.1, 0.15) is 51.0 Å². The monoisotopic (exact) mass is 488 g/mol. The van der Waals surface area contributed by atoms with E-state index < -0.39 is 48.0 Å². The van der Waals surface area contributed by atoms with Gasteiger partial charge in [0.2, 0.25) is 5.91 Å². The van der Waals surface area contributed by atoms with Crippen LogP contribution >= 0.6 is 11.6 Å². The Balaban J connectivity index is 1.73. The fourth-order valence-electron chi connectivity index (χ4n) is 4.71. The van der Waals surface area contributed by atoms with Crippen LogP contribution in [0.4, 0.5) is 18.0 Å². The highest BCUT2D eigenvalue weighted by Crippen LogP contribution is 2.36. The smallest absolute Gasteiger partial charge is 0.408 e. The van der Waals surface area contributed by atoms with Crippen LogP contribution < -0.4 is 5.32 Å². The largest absolute Gasteiger partial charge is 0.464 e. The molecule has 2 aliphatic rings. The first-order valence-electron chi connectivity index (χ1n) is 11.2. The number of β-lactam (4-membered cyclic amide) rings is 1. The zero-order valence-corrected chi connectivity index (χ0v) is 19.1. The second-order valence-electron chi connectivity index (χ2n) is 8.55. The Hall–Kier alpha value is -2.29. The van der Waals surface area contributed by atoms with E-state index in [-0.39, 0.29) is 13.0 Å². The van der Waals surface area contributed by atoms with E-state index in [0.29, 0.717) is 42.0 Å². The number of alkyl halides is 3. The van der Waals surface area contributed by atoms with Crippen LogP contribution in [0.5, 0.6) is 0 Å². The number of carbonyl (C=O) groups is 3. The number of imide groups is 1. The molecule has 6 nitrogen and oxygen atoms in total. The minimum Gasteiger partial charge on any atom is -0.464 e. The minimum atomic E-state index is -4.66. The highest BCUT2D eigenvalue weighted by molar-refractivity contribution is 6.30. The van der Waals surface area contributed by atoms with Crippen LogP contribution in [0.25, 0.3) is 0 Å². The van der Waals surface area contributed by atoms with Gasteiger partial charge in [-0.3, -0.25) is 4.79 Å². The molecule has 1 aliphatic heterocycles. The van der Waals surface area contributed by atoms with Crippen molar-refractivity contribution in [3.63, 3.8) is 0 Å². The van der Waals surface area contributed by atoms with Gasteiger partial charge in [0.1, 0.15) is 6.04 Å². The predicted molar refractivity (Wildman–Crippen MR) is 115 cm³/mol. The van der Waals surface area contributed by atoms with Crippen molar-refractivity contribution < 1.29 is 32.3 Å². The lowest BCUT2D eigenvalue weighted by atomic mass is 9.82. The quantitative estimate of drug-likeness (QED) is 0.438. The van der Waals surface area contributed by atoms with Gasteiger partial charge in [-0.1, -0.05) is 43.0 Å². The SMILES string of the molecule is CCOC(=O)C1C(CCc2cccc(Cl)c2)C(=O)N1C(=O)NC(C1CCCCC1)C(F)(F)F. The molecule has 182 valence electrons. The highest BCUT2D eigenvalue weighted by Gasteiger charge is 2.56. The maximum absolute atomic E-state index is 13.7. The van der Waals surface area contributed by atoms with Crippen molar-refractivity contribution in [1.82, 2.24) is 10.2 Å². The average Bonchev–Trinajstić information content (AvgIpc) is 2.75. The number of benzene rings is 1. The number of amides is 3. The molecule has 3 atom stereocenters. The first-order chi connectivity index (χ1) is 15.6. The van der Waals surface area contributed by atoms with Gasteiger partial charge in [0.15, 0.2) is 6.04 Å². The third kappa shape index (κ3) is 5.99. The van der Waals surface area contributed by atoms with Crippen molar-refractivity contribution in [2.75, 3.05) is 6.61 Å². The van der Waals surface area contributed by atoms with Crippen molar-refractivity contribution in [3.8, 4) is 0 Å². The van der Waals surface area contributed by atoms with Crippen LogP contribution in [0.15, 0.2) is 24.3 Å². The average molecular weight is 489 g/mol. The molecular weight excluding hydrogens is 461 g/mol. The lowest BCUT2D eigenvalue weighted by Crippen LogP contribution is -2.70. The summed E-state index contributed by atoms with van der Waals surface area (Å²) in [5.41, 5.74) is 0.843. The molecule has 1 saturated heterocycles. The Morgan fingerprint density at radius 2 is 1.94 bits per heavy atom. The van der Waals surface area contributed by atoms with Crippen molar-refractivity contribution >= 4 is 29.5 Å². The number of carbonyl (C=O) groups excluding carboxylic acids is 3. The topological polar surface area (TPSA) is 75.7 Å². The third-order valence-corrected chi connectivity index (χ3v) is 6.58. The zero-order chi connectivity index (χ0) is 24.2. The summed E-state index contributed by atoms with van der Waals surface area (Å²) >= 11 is 5.98. The summed E-state index contributed by atoms with van der Waals surface area (Å²) < 4.78 is 46.2. The first-order valence-corrected chi connectivity index (χ1v) is 11.6. The molecule has 1 aliphatic carbocycles. The summed E-state index contributed by atoms with van der Waals surface area (Å²) in [6.45, 7) is 1.60. The molecule has 10 heteroatoms. The number of rotatable bonds is 7. The lowest BCUT2D eigenvalue weighted by Gasteiger charge is -2.44. The second-order valence-corrected chi connectivity index (χ2v) is 8.98. The molecule has 0 radical (unpaired) electrons. The summed E-state index contributed by atoms with van der Waals surface area (Å²) in [6, 6.07) is 2.49. The second kappa shape index (κ2) is 10.8. The molecule has 3 rings (SSSR count). The maximum atomic E-state index is 13.7. The number of nitrogens with one attached hydrogen (secondary N) is 1. The molecule has 0 bridgehead atoms. The number of hydrogen-bond acceptors (Lipinski definition) is 4. The van der Waals surface area contributed by atoms with Crippen LogP contribution in [-0.2, 0) is 20.7 Å². The van der Waals surface area contributed by atoms with E-state index in [1.54, 1.807) is 25.1 Å². The Morgan fingerprint density at radius 1 is 1.24 bits per heavy atom. The van der Waals surface area contributed by atoms with Gasteiger partial charge in [0.05, 0.1) is 12.5 Å².